The van der Waals surface area contributed by atoms with Crippen LogP contribution in [0.4, 0.5) is 11.4 Å². The van der Waals surface area contributed by atoms with Crippen LogP contribution in [0.5, 0.6) is 11.5 Å². The molecule has 0 unspecified atom stereocenters. The Bertz CT molecular complexity index is 725. The summed E-state index contributed by atoms with van der Waals surface area (Å²) in [6.07, 6.45) is 0. The van der Waals surface area contributed by atoms with Crippen LogP contribution in [0.3, 0.4) is 0 Å². The molecule has 0 bridgehead atoms. The van der Waals surface area contributed by atoms with Gasteiger partial charge in [-0.25, -0.2) is 4.79 Å². The Labute approximate surface area is 117 Å². The Balaban J connectivity index is 2.36. The van der Waals surface area contributed by atoms with Crippen molar-refractivity contribution in [3.8, 4) is 11.5 Å². The lowest BCUT2D eigenvalue weighted by Gasteiger charge is -2.13. The predicted octanol–water partition coefficient (Wildman–Crippen LogP) is 1.19. The molecule has 106 valence electrons. The van der Waals surface area contributed by atoms with Gasteiger partial charge in [0, 0.05) is 5.38 Å². The van der Waals surface area contributed by atoms with Gasteiger partial charge in [0.25, 0.3) is 10.9 Å². The maximum Gasteiger partial charge on any atom is 0.349 e. The van der Waals surface area contributed by atoms with E-state index in [1.54, 1.807) is 6.92 Å². The van der Waals surface area contributed by atoms with Crippen LogP contribution in [-0.2, 0) is 0 Å². The monoisotopic (exact) mass is 297 g/mol. The van der Waals surface area contributed by atoms with Crippen LogP contribution in [0.2, 0.25) is 0 Å². The van der Waals surface area contributed by atoms with Crippen LogP contribution < -0.4 is 25.6 Å². The van der Waals surface area contributed by atoms with E-state index in [0.29, 0.717) is 5.69 Å². The number of ether oxygens (including phenoxy) is 2. The molecule has 2 rings (SSSR count). The quantitative estimate of drug-likeness (QED) is 0.772. The van der Waals surface area contributed by atoms with Crippen molar-refractivity contribution in [3.05, 3.63) is 30.7 Å². The molecule has 0 aliphatic heterocycles. The second-order valence-corrected chi connectivity index (χ2v) is 4.62. The summed E-state index contributed by atoms with van der Waals surface area (Å²) < 4.78 is 10.1. The molecule has 20 heavy (non-hydrogen) atoms. The molecule has 7 nitrogen and oxygen atoms in total. The smallest absolute Gasteiger partial charge is 0.349 e. The van der Waals surface area contributed by atoms with Gasteiger partial charge in [0.2, 0.25) is 0 Å². The first-order chi connectivity index (χ1) is 9.51. The van der Waals surface area contributed by atoms with Crippen molar-refractivity contribution in [2.45, 2.75) is 6.92 Å². The standard InChI is InChI=1S/C12H11NO6S/c1-3-19-10-6(7(14)8(10)15)13-5-4-20-11(12(16)17)9(5)18-2/h4,13H,3H2,1-2H3,(H,16,17). The molecule has 1 aromatic carbocycles. The van der Waals surface area contributed by atoms with Crippen LogP contribution >= 0.6 is 11.3 Å². The normalized spacial score (nSPS) is 10.5. The Morgan fingerprint density at radius 3 is 2.60 bits per heavy atom. The summed E-state index contributed by atoms with van der Waals surface area (Å²) in [5, 5.41) is 13.2. The highest BCUT2D eigenvalue weighted by atomic mass is 32.1. The summed E-state index contributed by atoms with van der Waals surface area (Å²) in [5.74, 6) is -1.06. The number of carboxylic acids is 1. The Morgan fingerprint density at radius 2 is 2.05 bits per heavy atom. The summed E-state index contributed by atoms with van der Waals surface area (Å²) in [4.78, 5) is 33.8. The van der Waals surface area contributed by atoms with Crippen molar-refractivity contribution in [3.63, 3.8) is 0 Å². The minimum atomic E-state index is -1.13. The molecule has 0 fully saturated rings. The lowest BCUT2D eigenvalue weighted by Crippen LogP contribution is -2.35. The van der Waals surface area contributed by atoms with Crippen LogP contribution in [0.15, 0.2) is 15.0 Å². The Morgan fingerprint density at radius 1 is 1.35 bits per heavy atom. The van der Waals surface area contributed by atoms with Crippen LogP contribution in [0, 0.1) is 0 Å². The maximum absolute atomic E-state index is 11.5. The number of nitrogens with one attached hydrogen (secondary N) is 1. The van der Waals surface area contributed by atoms with Gasteiger partial charge < -0.3 is 19.9 Å². The molecule has 0 atom stereocenters. The number of anilines is 2. The second kappa shape index (κ2) is 5.33. The molecule has 0 saturated carbocycles. The molecule has 2 aromatic rings. The largest absolute Gasteiger partial charge is 0.493 e. The number of carbonyl (C=O) groups is 1. The molecule has 0 spiro atoms. The van der Waals surface area contributed by atoms with Crippen LogP contribution in [0.25, 0.3) is 0 Å². The molecule has 1 aromatic heterocycles. The van der Waals surface area contributed by atoms with Crippen molar-refractivity contribution in [1.82, 2.24) is 0 Å². The zero-order chi connectivity index (χ0) is 14.9. The van der Waals surface area contributed by atoms with E-state index in [4.69, 9.17) is 14.6 Å². The van der Waals surface area contributed by atoms with E-state index < -0.39 is 16.8 Å². The minimum absolute atomic E-state index is 0.00617. The first kappa shape index (κ1) is 14.1. The highest BCUT2D eigenvalue weighted by molar-refractivity contribution is 7.13. The summed E-state index contributed by atoms with van der Waals surface area (Å²) in [5.41, 5.74) is -1.06. The first-order valence-electron chi connectivity index (χ1n) is 5.63. The van der Waals surface area contributed by atoms with Crippen LogP contribution in [-0.4, -0.2) is 24.8 Å². The van der Waals surface area contributed by atoms with E-state index in [1.807, 2.05) is 0 Å². The van der Waals surface area contributed by atoms with Gasteiger partial charge in [0.1, 0.15) is 5.69 Å². The van der Waals surface area contributed by atoms with Gasteiger partial charge in [-0.15, -0.1) is 11.3 Å². The molecular weight excluding hydrogens is 286 g/mol. The van der Waals surface area contributed by atoms with Gasteiger partial charge in [-0.2, -0.15) is 0 Å². The Hall–Kier alpha value is -2.35. The van der Waals surface area contributed by atoms with Gasteiger partial charge in [0.15, 0.2) is 16.4 Å². The van der Waals surface area contributed by atoms with Crippen molar-refractivity contribution < 1.29 is 19.4 Å². The van der Waals surface area contributed by atoms with Gasteiger partial charge in [-0.05, 0) is 6.92 Å². The zero-order valence-electron chi connectivity index (χ0n) is 10.7. The molecule has 0 aliphatic rings. The molecule has 0 aliphatic carbocycles. The highest BCUT2D eigenvalue weighted by Crippen LogP contribution is 2.37. The highest BCUT2D eigenvalue weighted by Gasteiger charge is 2.25. The zero-order valence-corrected chi connectivity index (χ0v) is 11.5. The van der Waals surface area contributed by atoms with Crippen molar-refractivity contribution in [2.75, 3.05) is 19.0 Å². The third-order valence-electron chi connectivity index (χ3n) is 2.56. The molecule has 1 heterocycles. The average molecular weight is 297 g/mol. The number of aromatic carboxylic acids is 1. The third kappa shape index (κ3) is 2.14. The van der Waals surface area contributed by atoms with Crippen molar-refractivity contribution >= 4 is 28.7 Å². The fourth-order valence-corrected chi connectivity index (χ4v) is 2.49. The topological polar surface area (TPSA) is 102 Å². The lowest BCUT2D eigenvalue weighted by molar-refractivity contribution is 0.0699. The second-order valence-electron chi connectivity index (χ2n) is 3.74. The van der Waals surface area contributed by atoms with E-state index in [0.717, 1.165) is 11.3 Å². The molecule has 8 heteroatoms. The van der Waals surface area contributed by atoms with E-state index in [9.17, 15) is 14.4 Å². The first-order valence-corrected chi connectivity index (χ1v) is 6.51. The van der Waals surface area contributed by atoms with Gasteiger partial charge in [0.05, 0.1) is 19.4 Å². The molecular formula is C12H11NO6S. The van der Waals surface area contributed by atoms with Crippen molar-refractivity contribution in [2.24, 2.45) is 0 Å². The fourth-order valence-electron chi connectivity index (χ4n) is 1.68. The number of hydrogen-bond donors (Lipinski definition) is 2. The van der Waals surface area contributed by atoms with E-state index in [2.05, 4.69) is 5.32 Å². The average Bonchev–Trinajstić information content (AvgIpc) is 2.85. The molecule has 0 saturated heterocycles. The molecule has 0 amide bonds. The van der Waals surface area contributed by atoms with Gasteiger partial charge in [-0.1, -0.05) is 0 Å². The number of rotatable bonds is 6. The number of hydrogen-bond acceptors (Lipinski definition) is 7. The maximum atomic E-state index is 11.5. The summed E-state index contributed by atoms with van der Waals surface area (Å²) in [6, 6.07) is 0. The third-order valence-corrected chi connectivity index (χ3v) is 3.51. The van der Waals surface area contributed by atoms with E-state index >= 15 is 0 Å². The van der Waals surface area contributed by atoms with Crippen LogP contribution in [0.1, 0.15) is 16.6 Å². The van der Waals surface area contributed by atoms with Gasteiger partial charge in [-0.3, -0.25) is 9.59 Å². The van der Waals surface area contributed by atoms with E-state index in [1.165, 1.54) is 12.5 Å². The summed E-state index contributed by atoms with van der Waals surface area (Å²) in [7, 11) is 1.32. The summed E-state index contributed by atoms with van der Waals surface area (Å²) >= 11 is 0.955. The molecule has 2 N–H and O–H groups in total. The Kier molecular flexibility index (Phi) is 3.75. The molecule has 0 radical (unpaired) electrons. The number of methoxy groups -OCH3 is 1. The SMILES string of the molecule is CCOc1c(Nc2csc(C(=O)O)c2OC)c(=O)c1=O. The van der Waals surface area contributed by atoms with Gasteiger partial charge >= 0.3 is 5.97 Å². The minimum Gasteiger partial charge on any atom is -0.493 e. The van der Waals surface area contributed by atoms with Crippen molar-refractivity contribution in [1.29, 1.82) is 0 Å². The fraction of sp³-hybridized carbons (Fsp3) is 0.250. The number of thiophene rings is 1. The van der Waals surface area contributed by atoms with E-state index in [-0.39, 0.29) is 28.7 Å². The summed E-state index contributed by atoms with van der Waals surface area (Å²) in [6.45, 7) is 1.94. The number of carboxylic acid groups (broad SMARTS) is 1. The predicted molar refractivity (Wildman–Crippen MR) is 73.6 cm³/mol. The lowest BCUT2D eigenvalue weighted by atomic mass is 10.2.